The maximum absolute atomic E-state index is 12.4. The first kappa shape index (κ1) is 23.3. The van der Waals surface area contributed by atoms with Crippen molar-refractivity contribution in [2.45, 2.75) is 18.9 Å². The summed E-state index contributed by atoms with van der Waals surface area (Å²) in [6, 6.07) is -0.977. The van der Waals surface area contributed by atoms with Gasteiger partial charge in [-0.1, -0.05) is 5.11 Å². The number of carbonyl (C=O) groups is 4. The number of nitrogens with zero attached hydrogens (tertiary/aromatic N) is 4. The number of nitrogens with one attached hydrogen (secondary N) is 2. The molecule has 0 aliphatic carbocycles. The first-order valence-electron chi connectivity index (χ1n) is 9.45. The fourth-order valence-corrected chi connectivity index (χ4v) is 2.78. The van der Waals surface area contributed by atoms with Crippen LogP contribution in [0.5, 0.6) is 0 Å². The molecule has 1 atom stereocenters. The molecule has 2 rings (SSSR count). The molecule has 0 saturated carbocycles. The van der Waals surface area contributed by atoms with Crippen molar-refractivity contribution in [2.75, 3.05) is 52.7 Å². The second-order valence-corrected chi connectivity index (χ2v) is 6.26. The Hall–Kier alpha value is -2.99. The van der Waals surface area contributed by atoms with Crippen LogP contribution in [0.3, 0.4) is 0 Å². The van der Waals surface area contributed by atoms with Crippen LogP contribution < -0.4 is 10.6 Å². The average molecular weight is 424 g/mol. The molecule has 13 heteroatoms. The molecule has 4 amide bonds. The summed E-state index contributed by atoms with van der Waals surface area (Å²) in [7, 11) is 0. The van der Waals surface area contributed by atoms with Gasteiger partial charge in [0, 0.05) is 30.5 Å². The van der Waals surface area contributed by atoms with Crippen molar-refractivity contribution in [3.8, 4) is 0 Å². The summed E-state index contributed by atoms with van der Waals surface area (Å²) >= 11 is 0. The van der Waals surface area contributed by atoms with E-state index in [1.807, 2.05) is 0 Å². The number of piperidine rings is 1. The first-order valence-corrected chi connectivity index (χ1v) is 9.45. The molecule has 2 aliphatic rings. The van der Waals surface area contributed by atoms with Gasteiger partial charge >= 0.3 is 0 Å². The van der Waals surface area contributed by atoms with Crippen molar-refractivity contribution < 1.29 is 33.4 Å². The number of hydrogen-bond acceptors (Lipinski definition) is 9. The highest BCUT2D eigenvalue weighted by Crippen LogP contribution is 2.19. The van der Waals surface area contributed by atoms with E-state index in [4.69, 9.17) is 19.7 Å². The molecule has 13 nitrogen and oxygen atoms in total. The van der Waals surface area contributed by atoms with Crippen LogP contribution in [-0.2, 0) is 33.4 Å². The normalized spacial score (nSPS) is 18.9. The third-order valence-electron chi connectivity index (χ3n) is 4.18. The molecule has 0 aromatic rings. The van der Waals surface area contributed by atoms with E-state index in [0.717, 1.165) is 11.0 Å². The molecule has 1 unspecified atom stereocenters. The molecular weight excluding hydrogens is 400 g/mol. The molecule has 30 heavy (non-hydrogen) atoms. The van der Waals surface area contributed by atoms with Gasteiger partial charge in [-0.2, -0.15) is 0 Å². The number of amides is 4. The van der Waals surface area contributed by atoms with Gasteiger partial charge in [-0.25, -0.2) is 0 Å². The Morgan fingerprint density at radius 2 is 1.77 bits per heavy atom. The van der Waals surface area contributed by atoms with E-state index in [9.17, 15) is 19.2 Å². The number of ether oxygens (including phenoxy) is 3. The highest BCUT2D eigenvalue weighted by atomic mass is 16.5. The minimum atomic E-state index is -0.977. The maximum atomic E-state index is 12.4. The summed E-state index contributed by atoms with van der Waals surface area (Å²) in [5.41, 5.74) is 8.18. The van der Waals surface area contributed by atoms with Crippen molar-refractivity contribution in [3.05, 3.63) is 22.2 Å². The standard InChI is InChI=1S/C17H24N6O7/c18-22-20-4-6-29-8-10-30-9-7-28-5-3-19-12-11-15(25)23(17(12)27)13-1-2-14(24)21-16(13)26/h11,13,19H,1-10H2,(H,21,24,26). The fraction of sp³-hybridized carbons (Fsp3) is 0.647. The van der Waals surface area contributed by atoms with Gasteiger partial charge in [0.1, 0.15) is 11.7 Å². The highest BCUT2D eigenvalue weighted by Gasteiger charge is 2.42. The average Bonchev–Trinajstić information content (AvgIpc) is 2.99. The monoisotopic (exact) mass is 424 g/mol. The molecule has 1 fully saturated rings. The maximum Gasteiger partial charge on any atom is 0.277 e. The summed E-state index contributed by atoms with van der Waals surface area (Å²) < 4.78 is 15.8. The van der Waals surface area contributed by atoms with Crippen molar-refractivity contribution in [1.82, 2.24) is 15.5 Å². The summed E-state index contributed by atoms with van der Waals surface area (Å²) in [5.74, 6) is -2.25. The molecule has 0 aromatic carbocycles. The Morgan fingerprint density at radius 3 is 2.43 bits per heavy atom. The van der Waals surface area contributed by atoms with E-state index in [2.05, 4.69) is 20.7 Å². The van der Waals surface area contributed by atoms with E-state index in [0.29, 0.717) is 33.0 Å². The molecule has 2 N–H and O–H groups in total. The van der Waals surface area contributed by atoms with Gasteiger partial charge in [0.25, 0.3) is 11.8 Å². The van der Waals surface area contributed by atoms with Crippen LogP contribution in [0.1, 0.15) is 12.8 Å². The lowest BCUT2D eigenvalue weighted by Crippen LogP contribution is -2.54. The highest BCUT2D eigenvalue weighted by molar-refractivity contribution is 6.18. The Morgan fingerprint density at radius 1 is 1.10 bits per heavy atom. The lowest BCUT2D eigenvalue weighted by molar-refractivity contribution is -0.149. The van der Waals surface area contributed by atoms with Gasteiger partial charge in [0.2, 0.25) is 11.8 Å². The minimum Gasteiger partial charge on any atom is -0.379 e. The molecule has 164 valence electrons. The second-order valence-electron chi connectivity index (χ2n) is 6.26. The van der Waals surface area contributed by atoms with Gasteiger partial charge in [-0.15, -0.1) is 0 Å². The zero-order chi connectivity index (χ0) is 21.8. The summed E-state index contributed by atoms with van der Waals surface area (Å²) in [6.45, 7) is 2.67. The number of hydrogen-bond donors (Lipinski definition) is 2. The zero-order valence-electron chi connectivity index (χ0n) is 16.4. The van der Waals surface area contributed by atoms with Crippen LogP contribution in [-0.4, -0.2) is 87.3 Å². The van der Waals surface area contributed by atoms with Crippen LogP contribution in [0.25, 0.3) is 10.4 Å². The Labute approximate surface area is 172 Å². The predicted octanol–water partition coefficient (Wildman–Crippen LogP) is -1.01. The quantitative estimate of drug-likeness (QED) is 0.117. The van der Waals surface area contributed by atoms with Crippen LogP contribution in [0, 0.1) is 0 Å². The molecule has 0 bridgehead atoms. The van der Waals surface area contributed by atoms with E-state index in [1.54, 1.807) is 0 Å². The molecule has 1 saturated heterocycles. The van der Waals surface area contributed by atoms with Gasteiger partial charge in [0.05, 0.1) is 39.6 Å². The van der Waals surface area contributed by atoms with Crippen LogP contribution in [0.4, 0.5) is 0 Å². The van der Waals surface area contributed by atoms with Crippen molar-refractivity contribution in [1.29, 1.82) is 0 Å². The van der Waals surface area contributed by atoms with E-state index in [-0.39, 0.29) is 38.2 Å². The van der Waals surface area contributed by atoms with Crippen molar-refractivity contribution >= 4 is 23.6 Å². The smallest absolute Gasteiger partial charge is 0.277 e. The predicted molar refractivity (Wildman–Crippen MR) is 101 cm³/mol. The lowest BCUT2D eigenvalue weighted by atomic mass is 10.0. The molecule has 0 aromatic heterocycles. The molecule has 0 spiro atoms. The molecule has 0 radical (unpaired) electrons. The molecule has 2 heterocycles. The topological polar surface area (TPSA) is 172 Å². The Kier molecular flexibility index (Phi) is 9.74. The van der Waals surface area contributed by atoms with E-state index < -0.39 is 29.7 Å². The SMILES string of the molecule is [N-]=[N+]=NCCOCCOCCOCCNC1=CC(=O)N(C2CCC(=O)NC2=O)C1=O. The van der Waals surface area contributed by atoms with Gasteiger partial charge in [0.15, 0.2) is 0 Å². The number of carbonyl (C=O) groups excluding carboxylic acids is 4. The van der Waals surface area contributed by atoms with Gasteiger partial charge in [-0.3, -0.25) is 29.4 Å². The Balaban J connectivity index is 1.54. The van der Waals surface area contributed by atoms with Crippen molar-refractivity contribution in [3.63, 3.8) is 0 Å². The first-order chi connectivity index (χ1) is 14.5. The van der Waals surface area contributed by atoms with Crippen molar-refractivity contribution in [2.24, 2.45) is 5.11 Å². The largest absolute Gasteiger partial charge is 0.379 e. The summed E-state index contributed by atoms with van der Waals surface area (Å²) in [5, 5.41) is 8.29. The third-order valence-corrected chi connectivity index (χ3v) is 4.18. The van der Waals surface area contributed by atoms with Gasteiger partial charge in [-0.05, 0) is 12.0 Å². The van der Waals surface area contributed by atoms with Gasteiger partial charge < -0.3 is 19.5 Å². The molecular formula is C17H24N6O7. The second kappa shape index (κ2) is 12.5. The number of rotatable bonds is 14. The third kappa shape index (κ3) is 7.12. The summed E-state index contributed by atoms with van der Waals surface area (Å²) in [4.78, 5) is 51.1. The van der Waals surface area contributed by atoms with E-state index in [1.165, 1.54) is 0 Å². The molecule has 2 aliphatic heterocycles. The zero-order valence-corrected chi connectivity index (χ0v) is 16.4. The Bertz CT molecular complexity index is 734. The lowest BCUT2D eigenvalue weighted by Gasteiger charge is -2.28. The minimum absolute atomic E-state index is 0.0774. The van der Waals surface area contributed by atoms with E-state index >= 15 is 0 Å². The summed E-state index contributed by atoms with van der Waals surface area (Å²) in [6.07, 6.45) is 1.33. The number of azide groups is 1. The van der Waals surface area contributed by atoms with Crippen LogP contribution in [0.15, 0.2) is 16.9 Å². The van der Waals surface area contributed by atoms with Crippen LogP contribution >= 0.6 is 0 Å². The van der Waals surface area contributed by atoms with Crippen LogP contribution in [0.2, 0.25) is 0 Å². The number of imide groups is 2. The fourth-order valence-electron chi connectivity index (χ4n) is 2.78.